The van der Waals surface area contributed by atoms with Gasteiger partial charge in [-0.25, -0.2) is 4.39 Å². The lowest BCUT2D eigenvalue weighted by atomic mass is 9.47. The van der Waals surface area contributed by atoms with E-state index in [-0.39, 0.29) is 16.7 Å². The van der Waals surface area contributed by atoms with E-state index in [1.165, 1.54) is 25.7 Å². The van der Waals surface area contributed by atoms with Gasteiger partial charge in [0.25, 0.3) is 0 Å². The highest BCUT2D eigenvalue weighted by molar-refractivity contribution is 5.40. The van der Waals surface area contributed by atoms with Gasteiger partial charge in [-0.3, -0.25) is 0 Å². The third kappa shape index (κ3) is 2.32. The molecule has 0 aromatic rings. The molecule has 5 atom stereocenters. The fraction of sp³-hybridized carbons (Fsp3) is 0.739. The monoisotopic (exact) mass is 344 g/mol. The van der Waals surface area contributed by atoms with Crippen molar-refractivity contribution in [3.63, 3.8) is 0 Å². The maximum atomic E-state index is 14.2. The van der Waals surface area contributed by atoms with E-state index in [1.807, 2.05) is 0 Å². The minimum atomic E-state index is 0.101. The molecule has 0 radical (unpaired) electrons. The maximum Gasteiger partial charge on any atom is 0.0966 e. The number of methoxy groups -OCH3 is 1. The zero-order chi connectivity index (χ0) is 18.0. The van der Waals surface area contributed by atoms with Crippen molar-refractivity contribution in [2.75, 3.05) is 7.11 Å². The Bertz CT molecular complexity index is 680. The van der Waals surface area contributed by atoms with Gasteiger partial charge in [0, 0.05) is 6.42 Å². The Morgan fingerprint density at radius 1 is 1.12 bits per heavy atom. The molecule has 2 heteroatoms. The van der Waals surface area contributed by atoms with E-state index >= 15 is 0 Å². The van der Waals surface area contributed by atoms with Gasteiger partial charge in [-0.2, -0.15) is 0 Å². The van der Waals surface area contributed by atoms with Crippen molar-refractivity contribution in [2.45, 2.75) is 72.6 Å². The van der Waals surface area contributed by atoms with E-state index in [1.54, 1.807) is 25.2 Å². The predicted octanol–water partition coefficient (Wildman–Crippen LogP) is 6.72. The fourth-order valence-electron chi connectivity index (χ4n) is 7.28. The molecule has 0 aromatic heterocycles. The van der Waals surface area contributed by atoms with Gasteiger partial charge in [-0.1, -0.05) is 19.4 Å². The van der Waals surface area contributed by atoms with Crippen molar-refractivity contribution in [1.29, 1.82) is 0 Å². The normalized spacial score (nSPS) is 45.4. The number of fused-ring (bicyclic) bond motifs is 5. The third-order valence-electron chi connectivity index (χ3n) is 8.53. The van der Waals surface area contributed by atoms with Crippen LogP contribution in [0.3, 0.4) is 0 Å². The number of allylic oxidation sites excluding steroid dienone is 6. The van der Waals surface area contributed by atoms with Crippen LogP contribution in [0, 0.1) is 28.6 Å². The minimum absolute atomic E-state index is 0.101. The molecule has 138 valence electrons. The van der Waals surface area contributed by atoms with Crippen LogP contribution in [-0.2, 0) is 4.74 Å². The molecular weight excluding hydrogens is 311 g/mol. The van der Waals surface area contributed by atoms with Crippen LogP contribution in [0.5, 0.6) is 0 Å². The number of ether oxygens (including phenoxy) is 1. The second-order valence-corrected chi connectivity index (χ2v) is 9.51. The standard InChI is InChI=1S/C23H33FO/c1-14-12-17-19-7-6-18(15(2)24)22(19,3)11-9-20(17)23(4)10-8-16(25-5)13-21(14)23/h13,17,19-20H,6-12H2,1-5H3. The maximum absolute atomic E-state index is 14.2. The quantitative estimate of drug-likeness (QED) is 0.513. The first kappa shape index (κ1) is 17.4. The van der Waals surface area contributed by atoms with Gasteiger partial charge < -0.3 is 4.74 Å². The number of halogens is 1. The van der Waals surface area contributed by atoms with E-state index in [0.717, 1.165) is 42.4 Å². The smallest absolute Gasteiger partial charge is 0.0966 e. The summed E-state index contributed by atoms with van der Waals surface area (Å²) in [4.78, 5) is 0. The molecule has 0 aromatic carbocycles. The van der Waals surface area contributed by atoms with Crippen molar-refractivity contribution in [3.8, 4) is 0 Å². The Morgan fingerprint density at radius 2 is 1.84 bits per heavy atom. The molecule has 0 aliphatic heterocycles. The van der Waals surface area contributed by atoms with E-state index in [2.05, 4.69) is 26.8 Å². The molecule has 4 aliphatic carbocycles. The lowest BCUT2D eigenvalue weighted by Gasteiger charge is -2.57. The molecule has 0 bridgehead atoms. The van der Waals surface area contributed by atoms with Gasteiger partial charge in [-0.05, 0) is 98.2 Å². The van der Waals surface area contributed by atoms with E-state index in [4.69, 9.17) is 4.74 Å². The van der Waals surface area contributed by atoms with E-state index in [9.17, 15) is 4.39 Å². The highest BCUT2D eigenvalue weighted by atomic mass is 19.1. The number of hydrogen-bond acceptors (Lipinski definition) is 1. The van der Waals surface area contributed by atoms with Crippen molar-refractivity contribution in [1.82, 2.24) is 0 Å². The van der Waals surface area contributed by atoms with Gasteiger partial charge in [-0.15, -0.1) is 0 Å². The Morgan fingerprint density at radius 3 is 2.52 bits per heavy atom. The Labute approximate surface area is 152 Å². The topological polar surface area (TPSA) is 9.23 Å². The Balaban J connectivity index is 1.75. The first-order chi connectivity index (χ1) is 11.8. The molecule has 0 saturated heterocycles. The number of hydrogen-bond donors (Lipinski definition) is 0. The summed E-state index contributed by atoms with van der Waals surface area (Å²) in [5, 5.41) is 0. The molecule has 2 saturated carbocycles. The van der Waals surface area contributed by atoms with Crippen LogP contribution in [0.25, 0.3) is 0 Å². The lowest BCUT2D eigenvalue weighted by molar-refractivity contribution is -0.0118. The summed E-state index contributed by atoms with van der Waals surface area (Å²) in [6.45, 7) is 8.87. The van der Waals surface area contributed by atoms with Crippen LogP contribution in [0.4, 0.5) is 4.39 Å². The van der Waals surface area contributed by atoms with E-state index < -0.39 is 0 Å². The first-order valence-electron chi connectivity index (χ1n) is 10.1. The largest absolute Gasteiger partial charge is 0.501 e. The second-order valence-electron chi connectivity index (χ2n) is 9.51. The highest BCUT2D eigenvalue weighted by Crippen LogP contribution is 2.67. The van der Waals surface area contributed by atoms with Crippen molar-refractivity contribution in [3.05, 3.63) is 34.4 Å². The van der Waals surface area contributed by atoms with Crippen molar-refractivity contribution in [2.24, 2.45) is 28.6 Å². The van der Waals surface area contributed by atoms with Crippen molar-refractivity contribution >= 4 is 0 Å². The predicted molar refractivity (Wildman–Crippen MR) is 101 cm³/mol. The zero-order valence-electron chi connectivity index (χ0n) is 16.5. The summed E-state index contributed by atoms with van der Waals surface area (Å²) < 4.78 is 19.8. The van der Waals surface area contributed by atoms with Crippen LogP contribution in [0.15, 0.2) is 34.4 Å². The summed E-state index contributed by atoms with van der Waals surface area (Å²) >= 11 is 0. The summed E-state index contributed by atoms with van der Waals surface area (Å²) in [6.07, 6.45) is 10.4. The lowest BCUT2D eigenvalue weighted by Crippen LogP contribution is -2.49. The SMILES string of the molecule is COC1=CC2=C(C)CC3C(CCC4(C)C(=C(C)F)CCC34)C2(C)CC1. The molecule has 1 nitrogen and oxygen atoms in total. The average Bonchev–Trinajstić information content (AvgIpc) is 2.92. The first-order valence-corrected chi connectivity index (χ1v) is 10.1. The van der Waals surface area contributed by atoms with Crippen LogP contribution in [0.2, 0.25) is 0 Å². The molecule has 2 fully saturated rings. The van der Waals surface area contributed by atoms with Crippen LogP contribution in [-0.4, -0.2) is 7.11 Å². The van der Waals surface area contributed by atoms with Crippen molar-refractivity contribution < 1.29 is 9.13 Å². The fourth-order valence-corrected chi connectivity index (χ4v) is 7.28. The molecule has 0 heterocycles. The second kappa shape index (κ2) is 5.72. The molecule has 5 unspecified atom stereocenters. The van der Waals surface area contributed by atoms with Gasteiger partial charge in [0.15, 0.2) is 0 Å². The summed E-state index contributed by atoms with van der Waals surface area (Å²) in [5.74, 6) is 3.38. The van der Waals surface area contributed by atoms with Gasteiger partial charge in [0.05, 0.1) is 18.7 Å². The van der Waals surface area contributed by atoms with E-state index in [0.29, 0.717) is 5.92 Å². The Hall–Kier alpha value is -1.05. The number of rotatable bonds is 1. The summed E-state index contributed by atoms with van der Waals surface area (Å²) in [7, 11) is 1.80. The molecule has 4 aliphatic rings. The van der Waals surface area contributed by atoms with Gasteiger partial charge in [0.1, 0.15) is 0 Å². The highest BCUT2D eigenvalue weighted by Gasteiger charge is 2.57. The third-order valence-corrected chi connectivity index (χ3v) is 8.53. The minimum Gasteiger partial charge on any atom is -0.501 e. The molecular formula is C23H33FO. The molecule has 0 amide bonds. The molecule has 25 heavy (non-hydrogen) atoms. The zero-order valence-corrected chi connectivity index (χ0v) is 16.5. The van der Waals surface area contributed by atoms with Gasteiger partial charge in [0.2, 0.25) is 0 Å². The summed E-state index contributed by atoms with van der Waals surface area (Å²) in [5.41, 5.74) is 4.63. The summed E-state index contributed by atoms with van der Waals surface area (Å²) in [6, 6.07) is 0. The van der Waals surface area contributed by atoms with Crippen LogP contribution in [0.1, 0.15) is 72.6 Å². The Kier molecular flexibility index (Phi) is 3.98. The molecule has 4 rings (SSSR count). The van der Waals surface area contributed by atoms with Crippen LogP contribution < -0.4 is 0 Å². The van der Waals surface area contributed by atoms with Crippen LogP contribution >= 0.6 is 0 Å². The average molecular weight is 345 g/mol. The van der Waals surface area contributed by atoms with Gasteiger partial charge >= 0.3 is 0 Å². The molecule has 0 spiro atoms. The molecule has 0 N–H and O–H groups in total.